The predicted octanol–water partition coefficient (Wildman–Crippen LogP) is 2.60. The van der Waals surface area contributed by atoms with Crippen molar-refractivity contribution in [2.45, 2.75) is 57.5 Å². The van der Waals surface area contributed by atoms with Gasteiger partial charge in [0.1, 0.15) is 0 Å². The third-order valence-corrected chi connectivity index (χ3v) is 4.01. The van der Waals surface area contributed by atoms with Crippen molar-refractivity contribution >= 4 is 5.91 Å². The quantitative estimate of drug-likeness (QED) is 0.923. The molecule has 0 aliphatic carbocycles. The number of rotatable bonds is 3. The fraction of sp³-hybridized carbons (Fsp3) is 0.688. The van der Waals surface area contributed by atoms with Crippen LogP contribution >= 0.6 is 0 Å². The highest BCUT2D eigenvalue weighted by Gasteiger charge is 2.30. The molecular weight excluding hydrogens is 250 g/mol. The molecule has 2 rings (SSSR count). The maximum absolute atomic E-state index is 12.6. The monoisotopic (exact) mass is 277 g/mol. The molecule has 112 valence electrons. The molecule has 2 heterocycles. The Morgan fingerprint density at radius 3 is 2.75 bits per heavy atom. The van der Waals surface area contributed by atoms with Crippen molar-refractivity contribution in [3.8, 4) is 0 Å². The molecule has 0 bridgehead atoms. The first-order valence-electron chi connectivity index (χ1n) is 7.58. The normalized spacial score (nSPS) is 20.8. The molecule has 1 saturated heterocycles. The molecular formula is C16H27N3O. The fourth-order valence-corrected chi connectivity index (χ4v) is 3.03. The van der Waals surface area contributed by atoms with E-state index in [1.165, 1.54) is 18.5 Å². The maximum Gasteiger partial charge on any atom is 0.224 e. The minimum Gasteiger partial charge on any atom is -0.353 e. The molecule has 1 aromatic heterocycles. The van der Waals surface area contributed by atoms with E-state index in [2.05, 4.69) is 34.8 Å². The number of aromatic nitrogens is 1. The van der Waals surface area contributed by atoms with Gasteiger partial charge in [0.2, 0.25) is 5.91 Å². The highest BCUT2D eigenvalue weighted by molar-refractivity contribution is 5.77. The molecule has 1 fully saturated rings. The Hall–Kier alpha value is -1.29. The molecule has 20 heavy (non-hydrogen) atoms. The zero-order valence-corrected chi connectivity index (χ0v) is 12.9. The van der Waals surface area contributed by atoms with Crippen LogP contribution in [0.4, 0.5) is 0 Å². The number of hydrogen-bond donors (Lipinski definition) is 1. The van der Waals surface area contributed by atoms with Gasteiger partial charge in [0.05, 0.1) is 6.04 Å². The molecule has 1 atom stereocenters. The van der Waals surface area contributed by atoms with Crippen molar-refractivity contribution < 1.29 is 4.79 Å². The highest BCUT2D eigenvalue weighted by atomic mass is 16.2. The van der Waals surface area contributed by atoms with E-state index in [0.29, 0.717) is 6.42 Å². The number of likely N-dealkylation sites (tertiary alicyclic amines) is 1. The number of nitrogens with two attached hydrogens (primary N) is 1. The lowest BCUT2D eigenvalue weighted by Gasteiger charge is -2.32. The molecule has 1 aliphatic rings. The fourth-order valence-electron chi connectivity index (χ4n) is 3.03. The van der Waals surface area contributed by atoms with Crippen LogP contribution < -0.4 is 5.73 Å². The zero-order valence-electron chi connectivity index (χ0n) is 12.9. The third kappa shape index (κ3) is 3.63. The molecule has 1 aromatic rings. The summed E-state index contributed by atoms with van der Waals surface area (Å²) in [5.74, 6) is 0.186. The summed E-state index contributed by atoms with van der Waals surface area (Å²) in [5, 5.41) is 0. The van der Waals surface area contributed by atoms with Crippen LogP contribution in [-0.4, -0.2) is 27.5 Å². The molecule has 0 spiro atoms. The van der Waals surface area contributed by atoms with Gasteiger partial charge in [-0.3, -0.25) is 4.79 Å². The van der Waals surface area contributed by atoms with Crippen molar-refractivity contribution in [3.05, 3.63) is 24.0 Å². The van der Waals surface area contributed by atoms with Gasteiger partial charge in [0, 0.05) is 37.4 Å². The topological polar surface area (TPSA) is 51.3 Å². The van der Waals surface area contributed by atoms with Gasteiger partial charge >= 0.3 is 0 Å². The highest BCUT2D eigenvalue weighted by Crippen LogP contribution is 2.31. The second-order valence-corrected chi connectivity index (χ2v) is 6.66. The summed E-state index contributed by atoms with van der Waals surface area (Å²) in [4.78, 5) is 14.7. The first-order chi connectivity index (χ1) is 9.38. The molecule has 4 nitrogen and oxygen atoms in total. The number of hydrogen-bond acceptors (Lipinski definition) is 2. The smallest absolute Gasteiger partial charge is 0.224 e. The first-order valence-corrected chi connectivity index (χ1v) is 7.58. The van der Waals surface area contributed by atoms with Crippen LogP contribution in [0.2, 0.25) is 0 Å². The van der Waals surface area contributed by atoms with E-state index in [0.717, 1.165) is 19.4 Å². The van der Waals surface area contributed by atoms with Crippen molar-refractivity contribution in [2.75, 3.05) is 6.54 Å². The molecule has 1 unspecified atom stereocenters. The van der Waals surface area contributed by atoms with Gasteiger partial charge < -0.3 is 15.2 Å². The number of carbonyl (C=O) groups is 1. The van der Waals surface area contributed by atoms with Gasteiger partial charge in [0.15, 0.2) is 0 Å². The van der Waals surface area contributed by atoms with Crippen molar-refractivity contribution in [2.24, 2.45) is 12.8 Å². The van der Waals surface area contributed by atoms with Crippen LogP contribution in [0.5, 0.6) is 0 Å². The largest absolute Gasteiger partial charge is 0.353 e. The summed E-state index contributed by atoms with van der Waals surface area (Å²) < 4.78 is 2.13. The number of amides is 1. The second-order valence-electron chi connectivity index (χ2n) is 6.66. The second kappa shape index (κ2) is 6.00. The van der Waals surface area contributed by atoms with Crippen molar-refractivity contribution in [3.63, 3.8) is 0 Å². The molecule has 0 radical (unpaired) electrons. The molecule has 4 heteroatoms. The Bertz CT molecular complexity index is 459. The Morgan fingerprint density at radius 2 is 2.15 bits per heavy atom. The Morgan fingerprint density at radius 1 is 1.40 bits per heavy atom. The van der Waals surface area contributed by atoms with Crippen LogP contribution in [0.15, 0.2) is 18.3 Å². The van der Waals surface area contributed by atoms with Gasteiger partial charge in [-0.1, -0.05) is 12.8 Å². The summed E-state index contributed by atoms with van der Waals surface area (Å²) in [7, 11) is 2.05. The number of carbonyl (C=O) groups excluding carboxylic acids is 1. The molecule has 1 aliphatic heterocycles. The SMILES string of the molecule is Cn1cccc1C1CCCCCN1C(=O)CC(C)(C)N. The lowest BCUT2D eigenvalue weighted by atomic mass is 10.00. The van der Waals surface area contributed by atoms with Crippen LogP contribution in [0.1, 0.15) is 57.7 Å². The summed E-state index contributed by atoms with van der Waals surface area (Å²) in [5.41, 5.74) is 6.81. The average Bonchev–Trinajstić information content (AvgIpc) is 2.62. The summed E-state index contributed by atoms with van der Waals surface area (Å²) in [6, 6.07) is 4.38. The van der Waals surface area contributed by atoms with E-state index in [1.54, 1.807) is 0 Å². The predicted molar refractivity (Wildman–Crippen MR) is 81.2 cm³/mol. The summed E-state index contributed by atoms with van der Waals surface area (Å²) >= 11 is 0. The molecule has 0 aromatic carbocycles. The zero-order chi connectivity index (χ0) is 14.8. The van der Waals surface area contributed by atoms with E-state index >= 15 is 0 Å². The number of aryl methyl sites for hydroxylation is 1. The summed E-state index contributed by atoms with van der Waals surface area (Å²) in [6.45, 7) is 4.69. The Balaban J connectivity index is 2.22. The van der Waals surface area contributed by atoms with Crippen molar-refractivity contribution in [1.29, 1.82) is 0 Å². The van der Waals surface area contributed by atoms with E-state index in [-0.39, 0.29) is 11.9 Å². The molecule has 2 N–H and O–H groups in total. The Labute approximate surface area is 121 Å². The van der Waals surface area contributed by atoms with Crippen LogP contribution in [0, 0.1) is 0 Å². The minimum absolute atomic E-state index is 0.186. The van der Waals surface area contributed by atoms with Gasteiger partial charge in [-0.15, -0.1) is 0 Å². The van der Waals surface area contributed by atoms with E-state index < -0.39 is 5.54 Å². The van der Waals surface area contributed by atoms with Gasteiger partial charge in [-0.25, -0.2) is 0 Å². The Kier molecular flexibility index (Phi) is 4.53. The molecule has 0 saturated carbocycles. The van der Waals surface area contributed by atoms with E-state index in [9.17, 15) is 4.79 Å². The van der Waals surface area contributed by atoms with Crippen LogP contribution in [0.25, 0.3) is 0 Å². The standard InChI is InChI=1S/C16H27N3O/c1-16(2,17)12-15(20)19-11-6-4-5-8-14(19)13-9-7-10-18(13)3/h7,9-10,14H,4-6,8,11-12,17H2,1-3H3. The van der Waals surface area contributed by atoms with Gasteiger partial charge in [-0.2, -0.15) is 0 Å². The lowest BCUT2D eigenvalue weighted by Crippen LogP contribution is -2.43. The van der Waals surface area contributed by atoms with Gasteiger partial charge in [-0.05, 0) is 38.8 Å². The van der Waals surface area contributed by atoms with Crippen LogP contribution in [0.3, 0.4) is 0 Å². The van der Waals surface area contributed by atoms with E-state index in [1.807, 2.05) is 13.8 Å². The molecule has 1 amide bonds. The maximum atomic E-state index is 12.6. The number of nitrogens with zero attached hydrogens (tertiary/aromatic N) is 2. The van der Waals surface area contributed by atoms with Crippen molar-refractivity contribution in [1.82, 2.24) is 9.47 Å². The van der Waals surface area contributed by atoms with Gasteiger partial charge in [0.25, 0.3) is 0 Å². The van der Waals surface area contributed by atoms with E-state index in [4.69, 9.17) is 5.73 Å². The average molecular weight is 277 g/mol. The lowest BCUT2D eigenvalue weighted by molar-refractivity contribution is -0.134. The summed E-state index contributed by atoms with van der Waals surface area (Å²) in [6.07, 6.45) is 7.00. The van der Waals surface area contributed by atoms with Crippen LogP contribution in [-0.2, 0) is 11.8 Å². The minimum atomic E-state index is -0.442. The third-order valence-electron chi connectivity index (χ3n) is 4.01. The first kappa shape index (κ1) is 15.1.